The molecule has 0 aromatic heterocycles. The van der Waals surface area contributed by atoms with Crippen molar-refractivity contribution < 1.29 is 27.1 Å². The van der Waals surface area contributed by atoms with Crippen molar-refractivity contribution in [1.82, 2.24) is 9.21 Å². The summed E-state index contributed by atoms with van der Waals surface area (Å²) in [6.45, 7) is 4.84. The smallest absolute Gasteiger partial charge is 0.243 e. The molecule has 34 heavy (non-hydrogen) atoms. The third kappa shape index (κ3) is 5.74. The molecule has 1 N–H and O–H groups in total. The number of benzene rings is 2. The van der Waals surface area contributed by atoms with Gasteiger partial charge in [0.1, 0.15) is 11.6 Å². The zero-order chi connectivity index (χ0) is 24.9. The number of hydrogen-bond acceptors (Lipinski definition) is 5. The van der Waals surface area contributed by atoms with Crippen LogP contribution >= 0.6 is 0 Å². The number of anilines is 1. The summed E-state index contributed by atoms with van der Waals surface area (Å²) < 4.78 is 45.5. The van der Waals surface area contributed by atoms with Gasteiger partial charge in [0.15, 0.2) is 0 Å². The van der Waals surface area contributed by atoms with E-state index in [1.54, 1.807) is 30.9 Å². The van der Waals surface area contributed by atoms with E-state index in [1.807, 2.05) is 0 Å². The fraction of sp³-hybridized carbons (Fsp3) is 0.417. The van der Waals surface area contributed by atoms with Gasteiger partial charge in [0, 0.05) is 32.6 Å². The minimum absolute atomic E-state index is 0.0516. The number of nitrogens with zero attached hydrogens (tertiary/aromatic N) is 2. The van der Waals surface area contributed by atoms with E-state index < -0.39 is 15.9 Å². The largest absolute Gasteiger partial charge is 0.495 e. The third-order valence-electron chi connectivity index (χ3n) is 5.94. The van der Waals surface area contributed by atoms with Gasteiger partial charge < -0.3 is 15.0 Å². The van der Waals surface area contributed by atoms with Gasteiger partial charge in [-0.05, 0) is 42.3 Å². The molecule has 0 aliphatic carbocycles. The fourth-order valence-electron chi connectivity index (χ4n) is 3.97. The Morgan fingerprint density at radius 1 is 1.18 bits per heavy atom. The third-order valence-corrected chi connectivity index (χ3v) is 7.99. The van der Waals surface area contributed by atoms with Gasteiger partial charge in [-0.2, -0.15) is 4.31 Å². The SMILES string of the molecule is CCN(CC)S(=O)(=O)c1ccc(OC)c(NC(=O)[C@H]2CC(=O)N(CCc3ccc(F)cc3)C2)c1. The van der Waals surface area contributed by atoms with Crippen LogP contribution in [0.5, 0.6) is 5.75 Å². The summed E-state index contributed by atoms with van der Waals surface area (Å²) in [6.07, 6.45) is 0.619. The van der Waals surface area contributed by atoms with E-state index in [0.717, 1.165) is 5.56 Å². The molecule has 1 aliphatic heterocycles. The molecule has 184 valence electrons. The average Bonchev–Trinajstić information content (AvgIpc) is 3.20. The highest BCUT2D eigenvalue weighted by Crippen LogP contribution is 2.30. The van der Waals surface area contributed by atoms with E-state index in [9.17, 15) is 22.4 Å². The summed E-state index contributed by atoms with van der Waals surface area (Å²) in [4.78, 5) is 27.1. The van der Waals surface area contributed by atoms with Gasteiger partial charge in [0.25, 0.3) is 0 Å². The molecule has 3 rings (SSSR count). The highest BCUT2D eigenvalue weighted by atomic mass is 32.2. The van der Waals surface area contributed by atoms with Gasteiger partial charge in [-0.15, -0.1) is 0 Å². The molecule has 0 bridgehead atoms. The van der Waals surface area contributed by atoms with Crippen LogP contribution in [-0.2, 0) is 26.0 Å². The Bertz CT molecular complexity index is 1130. The summed E-state index contributed by atoms with van der Waals surface area (Å²) in [5.41, 5.74) is 1.14. The van der Waals surface area contributed by atoms with Gasteiger partial charge in [-0.25, -0.2) is 12.8 Å². The minimum atomic E-state index is -3.72. The Hall–Kier alpha value is -2.98. The molecule has 2 amide bonds. The van der Waals surface area contributed by atoms with Crippen molar-refractivity contribution in [1.29, 1.82) is 0 Å². The quantitative estimate of drug-likeness (QED) is 0.551. The van der Waals surface area contributed by atoms with Gasteiger partial charge in [-0.3, -0.25) is 9.59 Å². The Morgan fingerprint density at radius 3 is 2.47 bits per heavy atom. The lowest BCUT2D eigenvalue weighted by atomic mass is 10.1. The Labute approximate surface area is 199 Å². The Kier molecular flexibility index (Phi) is 8.27. The van der Waals surface area contributed by atoms with Crippen molar-refractivity contribution >= 4 is 27.5 Å². The van der Waals surface area contributed by atoms with Crippen molar-refractivity contribution in [2.75, 3.05) is 38.6 Å². The van der Waals surface area contributed by atoms with Crippen molar-refractivity contribution in [3.05, 3.63) is 53.8 Å². The Balaban J connectivity index is 1.70. The van der Waals surface area contributed by atoms with E-state index in [4.69, 9.17) is 4.74 Å². The van der Waals surface area contributed by atoms with Crippen LogP contribution < -0.4 is 10.1 Å². The van der Waals surface area contributed by atoms with Crippen LogP contribution in [0.25, 0.3) is 0 Å². The van der Waals surface area contributed by atoms with Crippen LogP contribution in [0.4, 0.5) is 10.1 Å². The summed E-state index contributed by atoms with van der Waals surface area (Å²) in [6, 6.07) is 10.4. The molecule has 0 radical (unpaired) electrons. The number of carbonyl (C=O) groups is 2. The fourth-order valence-corrected chi connectivity index (χ4v) is 5.46. The molecule has 8 nitrogen and oxygen atoms in total. The summed E-state index contributed by atoms with van der Waals surface area (Å²) in [7, 11) is -2.29. The summed E-state index contributed by atoms with van der Waals surface area (Å²) in [5, 5.41) is 2.74. The second kappa shape index (κ2) is 11.0. The summed E-state index contributed by atoms with van der Waals surface area (Å²) in [5.74, 6) is -1.08. The number of ether oxygens (including phenoxy) is 1. The Morgan fingerprint density at radius 2 is 1.85 bits per heavy atom. The molecular formula is C24H30FN3O5S. The van der Waals surface area contributed by atoms with E-state index >= 15 is 0 Å². The van der Waals surface area contributed by atoms with Crippen LogP contribution in [-0.4, -0.2) is 62.7 Å². The lowest BCUT2D eigenvalue weighted by Crippen LogP contribution is -2.31. The first-order valence-corrected chi connectivity index (χ1v) is 12.6. The summed E-state index contributed by atoms with van der Waals surface area (Å²) >= 11 is 0. The minimum Gasteiger partial charge on any atom is -0.495 e. The topological polar surface area (TPSA) is 96.0 Å². The zero-order valence-electron chi connectivity index (χ0n) is 19.6. The molecule has 1 heterocycles. The van der Waals surface area contributed by atoms with Crippen LogP contribution in [0.1, 0.15) is 25.8 Å². The first-order chi connectivity index (χ1) is 16.2. The first-order valence-electron chi connectivity index (χ1n) is 11.2. The van der Waals surface area contributed by atoms with Crippen molar-refractivity contribution in [3.8, 4) is 5.75 Å². The lowest BCUT2D eigenvalue weighted by Gasteiger charge is -2.20. The number of likely N-dealkylation sites (tertiary alicyclic amines) is 1. The van der Waals surface area contributed by atoms with Gasteiger partial charge >= 0.3 is 0 Å². The molecular weight excluding hydrogens is 461 g/mol. The highest BCUT2D eigenvalue weighted by molar-refractivity contribution is 7.89. The van der Waals surface area contributed by atoms with Crippen molar-refractivity contribution in [3.63, 3.8) is 0 Å². The zero-order valence-corrected chi connectivity index (χ0v) is 20.4. The van der Waals surface area contributed by atoms with Gasteiger partial charge in [0.05, 0.1) is 23.6 Å². The molecule has 0 unspecified atom stereocenters. The second-order valence-electron chi connectivity index (χ2n) is 8.06. The molecule has 1 atom stereocenters. The average molecular weight is 492 g/mol. The predicted molar refractivity (Wildman–Crippen MR) is 127 cm³/mol. The normalized spacial score (nSPS) is 16.2. The second-order valence-corrected chi connectivity index (χ2v) is 10.00. The number of hydrogen-bond donors (Lipinski definition) is 1. The first kappa shape index (κ1) is 25.6. The molecule has 2 aromatic rings. The van der Waals surface area contributed by atoms with Crippen LogP contribution in [0.2, 0.25) is 0 Å². The number of rotatable bonds is 10. The maximum atomic E-state index is 13.1. The number of methoxy groups -OCH3 is 1. The maximum Gasteiger partial charge on any atom is 0.243 e. The van der Waals surface area contributed by atoms with E-state index in [2.05, 4.69) is 5.32 Å². The number of amides is 2. The molecule has 1 aliphatic rings. The number of halogens is 1. The monoisotopic (exact) mass is 491 g/mol. The highest BCUT2D eigenvalue weighted by Gasteiger charge is 2.34. The molecule has 1 saturated heterocycles. The molecule has 0 saturated carbocycles. The van der Waals surface area contributed by atoms with E-state index in [-0.39, 0.29) is 41.2 Å². The van der Waals surface area contributed by atoms with Gasteiger partial charge in [-0.1, -0.05) is 26.0 Å². The van der Waals surface area contributed by atoms with E-state index in [1.165, 1.54) is 41.7 Å². The van der Waals surface area contributed by atoms with Crippen molar-refractivity contribution in [2.24, 2.45) is 5.92 Å². The van der Waals surface area contributed by atoms with Crippen LogP contribution in [0, 0.1) is 11.7 Å². The molecule has 0 spiro atoms. The number of nitrogens with one attached hydrogen (secondary N) is 1. The lowest BCUT2D eigenvalue weighted by molar-refractivity contribution is -0.128. The molecule has 10 heteroatoms. The number of carbonyl (C=O) groups excluding carboxylic acids is 2. The molecule has 2 aromatic carbocycles. The predicted octanol–water partition coefficient (Wildman–Crippen LogP) is 2.89. The van der Waals surface area contributed by atoms with Crippen LogP contribution in [0.15, 0.2) is 47.4 Å². The van der Waals surface area contributed by atoms with Gasteiger partial charge in [0.2, 0.25) is 21.8 Å². The maximum absolute atomic E-state index is 13.1. The van der Waals surface area contributed by atoms with E-state index in [0.29, 0.717) is 31.8 Å². The number of sulfonamides is 1. The van der Waals surface area contributed by atoms with Crippen LogP contribution in [0.3, 0.4) is 0 Å². The van der Waals surface area contributed by atoms with Crippen molar-refractivity contribution in [2.45, 2.75) is 31.6 Å². The standard InChI is InChI=1S/C24H30FN3O5S/c1-4-28(5-2)34(31,32)20-10-11-22(33-3)21(15-20)26-24(30)18-14-23(29)27(16-18)13-12-17-6-8-19(25)9-7-17/h6-11,15,18H,4-5,12-14,16H2,1-3H3,(H,26,30)/t18-/m0/s1. The molecule has 1 fully saturated rings.